The topological polar surface area (TPSA) is 50.5 Å². The molecule has 4 rings (SSSR count). The van der Waals surface area contributed by atoms with E-state index in [1.54, 1.807) is 17.4 Å². The van der Waals surface area contributed by atoms with Crippen molar-refractivity contribution in [1.29, 1.82) is 0 Å². The molecule has 0 saturated carbocycles. The Kier molecular flexibility index (Phi) is 5.07. The third-order valence-electron chi connectivity index (χ3n) is 5.15. The minimum absolute atomic E-state index is 0.0856. The Morgan fingerprint density at radius 1 is 1.30 bits per heavy atom. The summed E-state index contributed by atoms with van der Waals surface area (Å²) in [5, 5.41) is 5.54. The third-order valence-corrected chi connectivity index (χ3v) is 5.98. The standard InChI is InChI=1S/C21H24N4OS/c1-3-17-11-7-8-14-24(17)19(26)13-12-18-20(16-9-5-4-6-10-16)22-21-25(18)23-15(2)27-21/h4-6,9-10,12-13,17H,3,7-8,11,14H2,1-2H3/b13-12+. The number of imidazole rings is 1. The molecule has 2 aromatic heterocycles. The van der Waals surface area contributed by atoms with Gasteiger partial charge in [0.05, 0.1) is 11.4 Å². The molecule has 3 aromatic rings. The smallest absolute Gasteiger partial charge is 0.246 e. The molecule has 1 aliphatic heterocycles. The molecule has 0 bridgehead atoms. The van der Waals surface area contributed by atoms with Crippen molar-refractivity contribution in [2.45, 2.75) is 45.6 Å². The molecule has 6 heteroatoms. The van der Waals surface area contributed by atoms with E-state index in [9.17, 15) is 4.79 Å². The molecule has 140 valence electrons. The first kappa shape index (κ1) is 17.9. The van der Waals surface area contributed by atoms with Crippen molar-refractivity contribution in [3.05, 3.63) is 47.1 Å². The van der Waals surface area contributed by atoms with E-state index in [0.717, 1.165) is 52.7 Å². The maximum Gasteiger partial charge on any atom is 0.246 e. The monoisotopic (exact) mass is 380 g/mol. The van der Waals surface area contributed by atoms with Crippen molar-refractivity contribution in [2.75, 3.05) is 6.54 Å². The van der Waals surface area contributed by atoms with Crippen LogP contribution in [0.25, 0.3) is 22.3 Å². The van der Waals surface area contributed by atoms with Gasteiger partial charge in [0.1, 0.15) is 5.01 Å². The largest absolute Gasteiger partial charge is 0.336 e. The lowest BCUT2D eigenvalue weighted by atomic mass is 10.00. The molecule has 27 heavy (non-hydrogen) atoms. The summed E-state index contributed by atoms with van der Waals surface area (Å²) in [6.07, 6.45) is 7.99. The molecule has 1 unspecified atom stereocenters. The average Bonchev–Trinajstić information content (AvgIpc) is 3.22. The number of fused-ring (bicyclic) bond motifs is 1. The first-order valence-electron chi connectivity index (χ1n) is 9.57. The number of aromatic nitrogens is 3. The van der Waals surface area contributed by atoms with Gasteiger partial charge in [0.15, 0.2) is 0 Å². The number of aryl methyl sites for hydroxylation is 1. The van der Waals surface area contributed by atoms with Crippen LogP contribution in [-0.2, 0) is 4.79 Å². The first-order valence-corrected chi connectivity index (χ1v) is 10.4. The summed E-state index contributed by atoms with van der Waals surface area (Å²) in [5.74, 6) is 0.0856. The van der Waals surface area contributed by atoms with Crippen molar-refractivity contribution in [3.8, 4) is 11.3 Å². The van der Waals surface area contributed by atoms with E-state index in [4.69, 9.17) is 4.98 Å². The quantitative estimate of drug-likeness (QED) is 0.623. The Bertz CT molecular complexity index is 973. The van der Waals surface area contributed by atoms with E-state index in [2.05, 4.69) is 12.0 Å². The molecule has 0 aliphatic carbocycles. The van der Waals surface area contributed by atoms with Crippen LogP contribution in [0.3, 0.4) is 0 Å². The predicted molar refractivity (Wildman–Crippen MR) is 110 cm³/mol. The number of piperidine rings is 1. The number of nitrogens with zero attached hydrogens (tertiary/aromatic N) is 4. The lowest BCUT2D eigenvalue weighted by molar-refractivity contribution is -0.129. The number of amides is 1. The van der Waals surface area contributed by atoms with E-state index in [-0.39, 0.29) is 5.91 Å². The zero-order valence-corrected chi connectivity index (χ0v) is 16.6. The van der Waals surface area contributed by atoms with E-state index in [0.29, 0.717) is 6.04 Å². The lowest BCUT2D eigenvalue weighted by Gasteiger charge is -2.34. The number of carbonyl (C=O) groups excluding carboxylic acids is 1. The van der Waals surface area contributed by atoms with E-state index in [1.165, 1.54) is 6.42 Å². The molecule has 0 spiro atoms. The maximum atomic E-state index is 12.8. The number of hydrogen-bond acceptors (Lipinski definition) is 4. The van der Waals surface area contributed by atoms with Gasteiger partial charge < -0.3 is 4.90 Å². The second-order valence-corrected chi connectivity index (χ2v) is 8.11. The zero-order valence-electron chi connectivity index (χ0n) is 15.8. The molecule has 1 aliphatic rings. The summed E-state index contributed by atoms with van der Waals surface area (Å²) in [4.78, 5) is 20.5. The lowest BCUT2D eigenvalue weighted by Crippen LogP contribution is -2.42. The Labute approximate surface area is 163 Å². The fraction of sp³-hybridized carbons (Fsp3) is 0.381. The number of benzene rings is 1. The second-order valence-electron chi connectivity index (χ2n) is 6.95. The first-order chi connectivity index (χ1) is 13.2. The van der Waals surface area contributed by atoms with Gasteiger partial charge in [-0.25, -0.2) is 9.50 Å². The zero-order chi connectivity index (χ0) is 18.8. The molecular formula is C21H24N4OS. The minimum atomic E-state index is 0.0856. The van der Waals surface area contributed by atoms with Crippen LogP contribution in [0.2, 0.25) is 0 Å². The molecule has 1 fully saturated rings. The van der Waals surface area contributed by atoms with Gasteiger partial charge in [-0.3, -0.25) is 4.79 Å². The van der Waals surface area contributed by atoms with Crippen LogP contribution in [0.15, 0.2) is 36.4 Å². The van der Waals surface area contributed by atoms with Gasteiger partial charge in [-0.1, -0.05) is 48.6 Å². The number of hydrogen-bond donors (Lipinski definition) is 0. The highest BCUT2D eigenvalue weighted by molar-refractivity contribution is 7.16. The molecular weight excluding hydrogens is 356 g/mol. The number of likely N-dealkylation sites (tertiary alicyclic amines) is 1. The summed E-state index contributed by atoms with van der Waals surface area (Å²) in [6, 6.07) is 10.4. The number of carbonyl (C=O) groups is 1. The van der Waals surface area contributed by atoms with Crippen LogP contribution in [0.4, 0.5) is 0 Å². The molecule has 0 N–H and O–H groups in total. The van der Waals surface area contributed by atoms with Crippen molar-refractivity contribution in [1.82, 2.24) is 19.5 Å². The van der Waals surface area contributed by atoms with E-state index in [1.807, 2.05) is 52.7 Å². The Balaban J connectivity index is 1.70. The molecule has 1 atom stereocenters. The minimum Gasteiger partial charge on any atom is -0.336 e. The second kappa shape index (κ2) is 7.64. The number of rotatable bonds is 4. The van der Waals surface area contributed by atoms with Crippen LogP contribution in [0.5, 0.6) is 0 Å². The highest BCUT2D eigenvalue weighted by atomic mass is 32.1. The van der Waals surface area contributed by atoms with Crippen LogP contribution >= 0.6 is 11.3 Å². The van der Waals surface area contributed by atoms with Gasteiger partial charge in [-0.2, -0.15) is 5.10 Å². The van der Waals surface area contributed by atoms with Gasteiger partial charge in [-0.15, -0.1) is 0 Å². The molecule has 1 amide bonds. The van der Waals surface area contributed by atoms with Crippen molar-refractivity contribution in [2.24, 2.45) is 0 Å². The van der Waals surface area contributed by atoms with E-state index >= 15 is 0 Å². The van der Waals surface area contributed by atoms with Crippen LogP contribution in [0.1, 0.15) is 43.3 Å². The van der Waals surface area contributed by atoms with Crippen molar-refractivity contribution < 1.29 is 4.79 Å². The summed E-state index contributed by atoms with van der Waals surface area (Å²) in [6.45, 7) is 4.98. The van der Waals surface area contributed by atoms with Gasteiger partial charge >= 0.3 is 0 Å². The van der Waals surface area contributed by atoms with Gasteiger partial charge in [0, 0.05) is 24.2 Å². The third kappa shape index (κ3) is 3.54. The van der Waals surface area contributed by atoms with Crippen LogP contribution in [-0.4, -0.2) is 38.0 Å². The molecule has 1 saturated heterocycles. The molecule has 0 radical (unpaired) electrons. The summed E-state index contributed by atoms with van der Waals surface area (Å²) < 4.78 is 1.85. The maximum absolute atomic E-state index is 12.8. The van der Waals surface area contributed by atoms with Crippen molar-refractivity contribution >= 4 is 28.3 Å². The van der Waals surface area contributed by atoms with Gasteiger partial charge in [0.2, 0.25) is 10.9 Å². The van der Waals surface area contributed by atoms with Crippen LogP contribution in [0, 0.1) is 6.92 Å². The van der Waals surface area contributed by atoms with Gasteiger partial charge in [0.25, 0.3) is 0 Å². The van der Waals surface area contributed by atoms with Crippen LogP contribution < -0.4 is 0 Å². The molecule has 3 heterocycles. The highest BCUT2D eigenvalue weighted by Crippen LogP contribution is 2.28. The highest BCUT2D eigenvalue weighted by Gasteiger charge is 2.24. The van der Waals surface area contributed by atoms with Crippen molar-refractivity contribution in [3.63, 3.8) is 0 Å². The normalized spacial score (nSPS) is 17.9. The molecule has 5 nitrogen and oxygen atoms in total. The Morgan fingerprint density at radius 3 is 2.89 bits per heavy atom. The molecule has 1 aromatic carbocycles. The van der Waals surface area contributed by atoms with E-state index < -0.39 is 0 Å². The van der Waals surface area contributed by atoms with Gasteiger partial charge in [-0.05, 0) is 38.7 Å². The Morgan fingerprint density at radius 2 is 2.11 bits per heavy atom. The summed E-state index contributed by atoms with van der Waals surface area (Å²) in [7, 11) is 0. The fourth-order valence-electron chi connectivity index (χ4n) is 3.78. The SMILES string of the molecule is CCC1CCCCN1C(=O)/C=C/c1c(-c2ccccc2)nc2sc(C)nn12. The fourth-order valence-corrected chi connectivity index (χ4v) is 4.53. The average molecular weight is 381 g/mol. The Hall–Kier alpha value is -2.47. The summed E-state index contributed by atoms with van der Waals surface area (Å²) >= 11 is 1.56. The summed E-state index contributed by atoms with van der Waals surface area (Å²) in [5.41, 5.74) is 2.76. The predicted octanol–water partition coefficient (Wildman–Crippen LogP) is 4.57.